The number of pyridine rings is 1. The molecule has 0 bridgehead atoms. The Kier molecular flexibility index (Phi) is 3.56. The Labute approximate surface area is 121 Å². The molecule has 0 saturated heterocycles. The third-order valence-corrected chi connectivity index (χ3v) is 4.05. The van der Waals surface area contributed by atoms with E-state index in [1.165, 1.54) is 23.0 Å². The molecule has 2 heterocycles. The smallest absolute Gasteiger partial charge is 0.132 e. The van der Waals surface area contributed by atoms with E-state index in [1.807, 2.05) is 23.7 Å². The van der Waals surface area contributed by atoms with Crippen molar-refractivity contribution < 1.29 is 4.39 Å². The third kappa shape index (κ3) is 2.34. The number of nitrogens with zero attached hydrogens (tertiary/aromatic N) is 2. The van der Waals surface area contributed by atoms with Crippen molar-refractivity contribution in [2.24, 2.45) is 0 Å². The molecule has 0 unspecified atom stereocenters. The van der Waals surface area contributed by atoms with E-state index < -0.39 is 0 Å². The van der Waals surface area contributed by atoms with Crippen LogP contribution in [0.1, 0.15) is 12.5 Å². The van der Waals surface area contributed by atoms with E-state index in [4.69, 9.17) is 0 Å². The molecule has 1 aromatic carbocycles. The molecule has 100 valence electrons. The first kappa shape index (κ1) is 12.9. The zero-order chi connectivity index (χ0) is 13.9. The maximum atomic E-state index is 13.8. The van der Waals surface area contributed by atoms with Gasteiger partial charge < -0.3 is 0 Å². The van der Waals surface area contributed by atoms with Gasteiger partial charge in [0.2, 0.25) is 0 Å². The molecule has 0 aliphatic heterocycles. The summed E-state index contributed by atoms with van der Waals surface area (Å²) in [5.74, 6) is -0.244. The number of rotatable bonds is 3. The van der Waals surface area contributed by atoms with Crippen molar-refractivity contribution in [1.29, 1.82) is 0 Å². The average molecular weight is 284 g/mol. The van der Waals surface area contributed by atoms with Crippen LogP contribution in [0.2, 0.25) is 0 Å². The molecule has 2 nitrogen and oxygen atoms in total. The highest BCUT2D eigenvalue weighted by molar-refractivity contribution is 7.13. The second-order valence-corrected chi connectivity index (χ2v) is 5.26. The van der Waals surface area contributed by atoms with E-state index in [0.29, 0.717) is 11.3 Å². The van der Waals surface area contributed by atoms with Gasteiger partial charge in [-0.05, 0) is 30.2 Å². The molecule has 4 heteroatoms. The summed E-state index contributed by atoms with van der Waals surface area (Å²) in [7, 11) is 0. The van der Waals surface area contributed by atoms with Crippen LogP contribution in [0.15, 0.2) is 48.1 Å². The van der Waals surface area contributed by atoms with Gasteiger partial charge in [-0.1, -0.05) is 19.1 Å². The molecule has 0 fully saturated rings. The lowest BCUT2D eigenvalue weighted by molar-refractivity contribution is 0.631. The minimum absolute atomic E-state index is 0.244. The number of thiazole rings is 1. The van der Waals surface area contributed by atoms with Crippen LogP contribution in [0, 0.1) is 5.82 Å². The fourth-order valence-corrected chi connectivity index (χ4v) is 2.98. The Balaban J connectivity index is 2.05. The Morgan fingerprint density at radius 1 is 1.15 bits per heavy atom. The molecule has 3 aromatic rings. The summed E-state index contributed by atoms with van der Waals surface area (Å²) >= 11 is 1.52. The van der Waals surface area contributed by atoms with Crippen molar-refractivity contribution >= 4 is 11.3 Å². The lowest BCUT2D eigenvalue weighted by Gasteiger charge is -2.03. The molecule has 0 aliphatic rings. The maximum absolute atomic E-state index is 13.8. The highest BCUT2D eigenvalue weighted by atomic mass is 32.1. The van der Waals surface area contributed by atoms with Crippen LogP contribution >= 0.6 is 11.3 Å². The first-order valence-electron chi connectivity index (χ1n) is 6.43. The van der Waals surface area contributed by atoms with Crippen molar-refractivity contribution in [3.05, 3.63) is 59.5 Å². The average Bonchev–Trinajstić information content (AvgIpc) is 2.97. The van der Waals surface area contributed by atoms with Crippen molar-refractivity contribution in [3.8, 4) is 21.8 Å². The minimum Gasteiger partial charge on any atom is -0.264 e. The number of hydrogen-bond donors (Lipinski definition) is 0. The van der Waals surface area contributed by atoms with Gasteiger partial charge in [0.15, 0.2) is 0 Å². The summed E-state index contributed by atoms with van der Waals surface area (Å²) in [4.78, 5) is 8.72. The number of hydrogen-bond acceptors (Lipinski definition) is 3. The summed E-state index contributed by atoms with van der Waals surface area (Å²) in [5.41, 5.74) is 3.45. The summed E-state index contributed by atoms with van der Waals surface area (Å²) in [6.45, 7) is 2.10. The van der Waals surface area contributed by atoms with Crippen LogP contribution in [0.4, 0.5) is 4.39 Å². The normalized spacial score (nSPS) is 10.7. The predicted octanol–water partition coefficient (Wildman–Crippen LogP) is 4.57. The number of aryl methyl sites for hydroxylation is 1. The minimum atomic E-state index is -0.244. The Hall–Kier alpha value is -2.07. The van der Waals surface area contributed by atoms with Gasteiger partial charge in [-0.3, -0.25) is 4.98 Å². The standard InChI is InChI=1S/C16H13FN2S/c1-2-11-7-8-18-9-13(11)16-19-15(10-20-16)12-5-3-4-6-14(12)17/h3-10H,2H2,1H3. The lowest BCUT2D eigenvalue weighted by Crippen LogP contribution is -1.89. The number of benzene rings is 1. The van der Waals surface area contributed by atoms with E-state index in [-0.39, 0.29) is 5.82 Å². The monoisotopic (exact) mass is 284 g/mol. The largest absolute Gasteiger partial charge is 0.264 e. The summed E-state index contributed by atoms with van der Waals surface area (Å²) in [6, 6.07) is 8.70. The van der Waals surface area contributed by atoms with Gasteiger partial charge in [0.1, 0.15) is 10.8 Å². The Morgan fingerprint density at radius 2 is 2.00 bits per heavy atom. The number of aromatic nitrogens is 2. The summed E-state index contributed by atoms with van der Waals surface area (Å²) < 4.78 is 13.8. The van der Waals surface area contributed by atoms with Gasteiger partial charge >= 0.3 is 0 Å². The molecule has 20 heavy (non-hydrogen) atoms. The lowest BCUT2D eigenvalue weighted by atomic mass is 10.1. The third-order valence-electron chi connectivity index (χ3n) is 3.18. The molecule has 0 amide bonds. The van der Waals surface area contributed by atoms with Gasteiger partial charge in [0.05, 0.1) is 5.69 Å². The molecular formula is C16H13FN2S. The van der Waals surface area contributed by atoms with Crippen molar-refractivity contribution in [2.45, 2.75) is 13.3 Å². The number of halogens is 1. The summed E-state index contributed by atoms with van der Waals surface area (Å²) in [6.07, 6.45) is 4.53. The first-order valence-corrected chi connectivity index (χ1v) is 7.31. The molecule has 0 aliphatic carbocycles. The fraction of sp³-hybridized carbons (Fsp3) is 0.125. The van der Waals surface area contributed by atoms with Crippen LogP contribution in [-0.2, 0) is 6.42 Å². The highest BCUT2D eigenvalue weighted by Gasteiger charge is 2.12. The molecule has 2 aromatic heterocycles. The topological polar surface area (TPSA) is 25.8 Å². The molecular weight excluding hydrogens is 271 g/mol. The summed E-state index contributed by atoms with van der Waals surface area (Å²) in [5, 5.41) is 2.77. The Bertz CT molecular complexity index is 737. The van der Waals surface area contributed by atoms with Crippen molar-refractivity contribution in [3.63, 3.8) is 0 Å². The molecule has 3 rings (SSSR count). The first-order chi connectivity index (χ1) is 9.79. The van der Waals surface area contributed by atoms with Crippen LogP contribution in [-0.4, -0.2) is 9.97 Å². The Morgan fingerprint density at radius 3 is 2.80 bits per heavy atom. The molecule has 0 saturated carbocycles. The van der Waals surface area contributed by atoms with Gasteiger partial charge in [-0.15, -0.1) is 11.3 Å². The predicted molar refractivity (Wildman–Crippen MR) is 80.1 cm³/mol. The van der Waals surface area contributed by atoms with Gasteiger partial charge in [-0.2, -0.15) is 0 Å². The molecule has 0 atom stereocenters. The molecule has 0 N–H and O–H groups in total. The van der Waals surface area contributed by atoms with Gasteiger partial charge in [0.25, 0.3) is 0 Å². The zero-order valence-electron chi connectivity index (χ0n) is 11.0. The van der Waals surface area contributed by atoms with Crippen LogP contribution in [0.25, 0.3) is 21.8 Å². The van der Waals surface area contributed by atoms with E-state index in [0.717, 1.165) is 17.0 Å². The van der Waals surface area contributed by atoms with Crippen LogP contribution < -0.4 is 0 Å². The van der Waals surface area contributed by atoms with Crippen molar-refractivity contribution in [1.82, 2.24) is 9.97 Å². The van der Waals surface area contributed by atoms with Crippen LogP contribution in [0.5, 0.6) is 0 Å². The van der Waals surface area contributed by atoms with Crippen LogP contribution in [0.3, 0.4) is 0 Å². The fourth-order valence-electron chi connectivity index (χ4n) is 2.11. The maximum Gasteiger partial charge on any atom is 0.132 e. The zero-order valence-corrected chi connectivity index (χ0v) is 11.8. The van der Waals surface area contributed by atoms with Gasteiger partial charge in [-0.25, -0.2) is 9.37 Å². The highest BCUT2D eigenvalue weighted by Crippen LogP contribution is 2.31. The van der Waals surface area contributed by atoms with E-state index in [2.05, 4.69) is 16.9 Å². The SMILES string of the molecule is CCc1ccncc1-c1nc(-c2ccccc2F)cs1. The van der Waals surface area contributed by atoms with E-state index in [1.54, 1.807) is 18.3 Å². The van der Waals surface area contributed by atoms with E-state index in [9.17, 15) is 4.39 Å². The second-order valence-electron chi connectivity index (χ2n) is 4.40. The quantitative estimate of drug-likeness (QED) is 0.704. The van der Waals surface area contributed by atoms with Crippen molar-refractivity contribution in [2.75, 3.05) is 0 Å². The second kappa shape index (κ2) is 5.51. The van der Waals surface area contributed by atoms with E-state index >= 15 is 0 Å². The molecule has 0 spiro atoms. The van der Waals surface area contributed by atoms with Gasteiger partial charge in [0, 0.05) is 28.9 Å². The molecule has 0 radical (unpaired) electrons.